The van der Waals surface area contributed by atoms with Crippen LogP contribution in [0.1, 0.15) is 36.8 Å². The topological polar surface area (TPSA) is 72.1 Å². The lowest BCUT2D eigenvalue weighted by atomic mass is 10.1. The Bertz CT molecular complexity index is 790. The predicted octanol–water partition coefficient (Wildman–Crippen LogP) is 4.46. The molecule has 2 aromatic heterocycles. The van der Waals surface area contributed by atoms with Gasteiger partial charge in [-0.2, -0.15) is 13.2 Å². The summed E-state index contributed by atoms with van der Waals surface area (Å²) in [4.78, 5) is 22.1. The van der Waals surface area contributed by atoms with Crippen LogP contribution < -0.4 is 10.6 Å². The molecule has 0 aliphatic rings. The Balaban J connectivity index is 2.42. The van der Waals surface area contributed by atoms with E-state index in [2.05, 4.69) is 16.5 Å². The van der Waals surface area contributed by atoms with Gasteiger partial charge in [-0.1, -0.05) is 19.9 Å². The number of thiazole rings is 1. The van der Waals surface area contributed by atoms with Crippen molar-refractivity contribution in [2.75, 3.05) is 17.2 Å². The van der Waals surface area contributed by atoms with E-state index in [1.165, 1.54) is 23.7 Å². The fourth-order valence-corrected chi connectivity index (χ4v) is 3.11. The number of amides is 1. The van der Waals surface area contributed by atoms with Crippen LogP contribution >= 0.6 is 11.3 Å². The summed E-state index contributed by atoms with van der Waals surface area (Å²) in [5.41, 5.74) is 7.02. The van der Waals surface area contributed by atoms with Gasteiger partial charge in [0.15, 0.2) is 0 Å². The molecule has 9 heteroatoms. The zero-order valence-corrected chi connectivity index (χ0v) is 15.7. The van der Waals surface area contributed by atoms with E-state index in [-0.39, 0.29) is 11.4 Å². The normalized spacial score (nSPS) is 11.4. The van der Waals surface area contributed by atoms with Crippen molar-refractivity contribution in [3.05, 3.63) is 41.0 Å². The van der Waals surface area contributed by atoms with Gasteiger partial charge in [0.25, 0.3) is 5.91 Å². The average Bonchev–Trinajstić information content (AvgIpc) is 3.14. The number of hydrogen-bond acceptors (Lipinski definition) is 5. The van der Waals surface area contributed by atoms with Gasteiger partial charge in [0.2, 0.25) is 0 Å². The highest BCUT2D eigenvalue weighted by atomic mass is 32.1. The van der Waals surface area contributed by atoms with Crippen LogP contribution in [0.4, 0.5) is 24.7 Å². The second-order valence-corrected chi connectivity index (χ2v) is 6.84. The molecule has 0 unspecified atom stereocenters. The lowest BCUT2D eigenvalue weighted by molar-refractivity contribution is -0.133. The molecule has 0 atom stereocenters. The molecule has 0 radical (unpaired) electrons. The van der Waals surface area contributed by atoms with Gasteiger partial charge in [-0.05, 0) is 18.9 Å². The van der Waals surface area contributed by atoms with Crippen molar-refractivity contribution in [3.8, 4) is 0 Å². The molecule has 0 saturated carbocycles. The van der Waals surface area contributed by atoms with Gasteiger partial charge in [0.05, 0.1) is 12.0 Å². The maximum absolute atomic E-state index is 12.9. The summed E-state index contributed by atoms with van der Waals surface area (Å²) in [5.74, 6) is -0.513. The van der Waals surface area contributed by atoms with Crippen LogP contribution in [-0.2, 0) is 11.2 Å². The van der Waals surface area contributed by atoms with Gasteiger partial charge in [0, 0.05) is 35.6 Å². The van der Waals surface area contributed by atoms with E-state index < -0.39 is 25.0 Å². The van der Waals surface area contributed by atoms with E-state index in [0.717, 1.165) is 17.7 Å². The number of rotatable bonds is 8. The summed E-state index contributed by atoms with van der Waals surface area (Å²) in [7, 11) is 0. The van der Waals surface area contributed by atoms with Crippen molar-refractivity contribution in [1.82, 2.24) is 9.97 Å². The van der Waals surface area contributed by atoms with Crippen molar-refractivity contribution < 1.29 is 18.0 Å². The van der Waals surface area contributed by atoms with E-state index in [9.17, 15) is 18.0 Å². The Kier molecular flexibility index (Phi) is 6.95. The van der Waals surface area contributed by atoms with Crippen LogP contribution in [0.25, 0.3) is 5.57 Å². The molecule has 1 amide bonds. The molecule has 0 spiro atoms. The minimum atomic E-state index is -4.41. The quantitative estimate of drug-likeness (QED) is 0.667. The maximum Gasteiger partial charge on any atom is 0.390 e. The standard InChI is InChI=1S/C18H21F3N4OS/c1-3-4-5-13-14(22)6-8-23-15(13)25(10-7-18(19,20)21)17(26)12(2)16-24-9-11-27-16/h6,8-9,11H,2-5,7,10H2,1H3,(H2,22,23). The number of halogens is 3. The third kappa shape index (κ3) is 5.53. The molecular formula is C18H21F3N4OS. The molecule has 2 rings (SSSR count). The molecule has 0 aliphatic heterocycles. The number of alkyl halides is 3. The number of aromatic nitrogens is 2. The summed E-state index contributed by atoms with van der Waals surface area (Å²) in [6.45, 7) is 5.14. The third-order valence-corrected chi connectivity index (χ3v) is 4.75. The van der Waals surface area contributed by atoms with Crippen molar-refractivity contribution in [1.29, 1.82) is 0 Å². The molecule has 2 heterocycles. The monoisotopic (exact) mass is 398 g/mol. The Morgan fingerprint density at radius 1 is 1.33 bits per heavy atom. The van der Waals surface area contributed by atoms with Gasteiger partial charge in [-0.15, -0.1) is 11.3 Å². The maximum atomic E-state index is 12.9. The van der Waals surface area contributed by atoms with Crippen LogP contribution in [0.2, 0.25) is 0 Å². The van der Waals surface area contributed by atoms with E-state index in [1.54, 1.807) is 11.4 Å². The van der Waals surface area contributed by atoms with E-state index in [4.69, 9.17) is 5.73 Å². The van der Waals surface area contributed by atoms with Crippen LogP contribution in [-0.4, -0.2) is 28.6 Å². The number of pyridine rings is 1. The SMILES string of the molecule is C=C(C(=O)N(CCC(F)(F)F)c1nccc(N)c1CCCC)c1nccs1. The summed E-state index contributed by atoms with van der Waals surface area (Å²) in [6.07, 6.45) is -0.513. The lowest BCUT2D eigenvalue weighted by Gasteiger charge is -2.25. The zero-order chi connectivity index (χ0) is 20.0. The minimum absolute atomic E-state index is 0.0258. The van der Waals surface area contributed by atoms with Gasteiger partial charge < -0.3 is 5.73 Å². The Morgan fingerprint density at radius 3 is 2.67 bits per heavy atom. The van der Waals surface area contributed by atoms with Crippen LogP contribution in [0.3, 0.4) is 0 Å². The first-order valence-corrected chi connectivity index (χ1v) is 9.33. The predicted molar refractivity (Wildman–Crippen MR) is 101 cm³/mol. The number of nitrogen functional groups attached to an aromatic ring is 1. The number of unbranched alkanes of at least 4 members (excludes halogenated alkanes) is 1. The van der Waals surface area contributed by atoms with E-state index in [0.29, 0.717) is 22.7 Å². The molecule has 2 aromatic rings. The molecule has 0 saturated heterocycles. The van der Waals surface area contributed by atoms with Gasteiger partial charge in [-0.25, -0.2) is 9.97 Å². The van der Waals surface area contributed by atoms with E-state index in [1.807, 2.05) is 6.92 Å². The number of carbonyl (C=O) groups excluding carboxylic acids is 1. The number of hydrogen-bond donors (Lipinski definition) is 1. The molecule has 146 valence electrons. The fraction of sp³-hybridized carbons (Fsp3) is 0.389. The lowest BCUT2D eigenvalue weighted by Crippen LogP contribution is -2.36. The average molecular weight is 398 g/mol. The minimum Gasteiger partial charge on any atom is -0.398 e. The molecule has 0 fully saturated rings. The highest BCUT2D eigenvalue weighted by Crippen LogP contribution is 2.30. The van der Waals surface area contributed by atoms with Crippen molar-refractivity contribution >= 4 is 34.3 Å². The first kappa shape index (κ1) is 20.9. The van der Waals surface area contributed by atoms with Crippen LogP contribution in [0.15, 0.2) is 30.4 Å². The first-order chi connectivity index (χ1) is 12.7. The Morgan fingerprint density at radius 2 is 2.07 bits per heavy atom. The third-order valence-electron chi connectivity index (χ3n) is 3.92. The summed E-state index contributed by atoms with van der Waals surface area (Å²) >= 11 is 1.19. The Hall–Kier alpha value is -2.42. The number of nitrogens with two attached hydrogens (primary N) is 1. The molecule has 27 heavy (non-hydrogen) atoms. The van der Waals surface area contributed by atoms with Crippen LogP contribution in [0, 0.1) is 0 Å². The molecule has 2 N–H and O–H groups in total. The van der Waals surface area contributed by atoms with Gasteiger partial charge in [0.1, 0.15) is 10.8 Å². The second-order valence-electron chi connectivity index (χ2n) is 5.94. The van der Waals surface area contributed by atoms with Crippen molar-refractivity contribution in [3.63, 3.8) is 0 Å². The van der Waals surface area contributed by atoms with Gasteiger partial charge >= 0.3 is 6.18 Å². The summed E-state index contributed by atoms with van der Waals surface area (Å²) in [5, 5.41) is 2.02. The Labute approximate surface area is 159 Å². The highest BCUT2D eigenvalue weighted by molar-refractivity contribution is 7.11. The number of anilines is 2. The van der Waals surface area contributed by atoms with Crippen molar-refractivity contribution in [2.45, 2.75) is 38.8 Å². The first-order valence-electron chi connectivity index (χ1n) is 8.45. The number of carbonyl (C=O) groups is 1. The molecule has 0 bridgehead atoms. The zero-order valence-electron chi connectivity index (χ0n) is 14.9. The molecular weight excluding hydrogens is 377 g/mol. The fourth-order valence-electron chi connectivity index (χ4n) is 2.51. The highest BCUT2D eigenvalue weighted by Gasteiger charge is 2.32. The molecule has 5 nitrogen and oxygen atoms in total. The van der Waals surface area contributed by atoms with E-state index >= 15 is 0 Å². The summed E-state index contributed by atoms with van der Waals surface area (Å²) in [6, 6.07) is 1.58. The van der Waals surface area contributed by atoms with Crippen LogP contribution in [0.5, 0.6) is 0 Å². The number of nitrogens with zero attached hydrogens (tertiary/aromatic N) is 3. The largest absolute Gasteiger partial charge is 0.398 e. The second kappa shape index (κ2) is 8.98. The van der Waals surface area contributed by atoms with Gasteiger partial charge in [-0.3, -0.25) is 9.69 Å². The summed E-state index contributed by atoms with van der Waals surface area (Å²) < 4.78 is 38.5. The van der Waals surface area contributed by atoms with Crippen molar-refractivity contribution in [2.24, 2.45) is 0 Å². The smallest absolute Gasteiger partial charge is 0.390 e. The molecule has 0 aromatic carbocycles. The molecule has 0 aliphatic carbocycles.